The SMILES string of the molecule is CCn1c(=O)c2ccccc2n2c(COc3ccc(Cl)cc3C(N)=O)nnc12. The third kappa shape index (κ3) is 2.87. The molecule has 142 valence electrons. The number of primary amides is 1. The van der Waals surface area contributed by atoms with Crippen LogP contribution in [0.25, 0.3) is 16.7 Å². The lowest BCUT2D eigenvalue weighted by atomic mass is 10.2. The Balaban J connectivity index is 1.82. The summed E-state index contributed by atoms with van der Waals surface area (Å²) < 4.78 is 9.12. The van der Waals surface area contributed by atoms with Gasteiger partial charge in [-0.1, -0.05) is 23.7 Å². The Morgan fingerprint density at radius 3 is 2.75 bits per heavy atom. The van der Waals surface area contributed by atoms with Crippen LogP contribution in [-0.2, 0) is 13.2 Å². The second kappa shape index (κ2) is 6.97. The summed E-state index contributed by atoms with van der Waals surface area (Å²) in [5.41, 5.74) is 6.14. The number of aryl methyl sites for hydroxylation is 1. The van der Waals surface area contributed by atoms with Crippen LogP contribution in [0.4, 0.5) is 0 Å². The standard InChI is InChI=1S/C19H16ClN5O3/c1-2-24-18(27)12-5-3-4-6-14(12)25-16(22-23-19(24)25)10-28-15-8-7-11(20)9-13(15)17(21)26/h3-9H,2,10H2,1H3,(H2,21,26). The predicted molar refractivity (Wildman–Crippen MR) is 105 cm³/mol. The minimum Gasteiger partial charge on any atom is -0.485 e. The number of carbonyl (C=O) groups is 1. The van der Waals surface area contributed by atoms with Crippen molar-refractivity contribution in [3.8, 4) is 5.75 Å². The van der Waals surface area contributed by atoms with E-state index in [4.69, 9.17) is 22.1 Å². The molecule has 28 heavy (non-hydrogen) atoms. The normalized spacial score (nSPS) is 11.2. The molecule has 8 nitrogen and oxygen atoms in total. The Hall–Kier alpha value is -3.39. The van der Waals surface area contributed by atoms with E-state index in [1.54, 1.807) is 27.2 Å². The van der Waals surface area contributed by atoms with Crippen molar-refractivity contribution in [2.75, 3.05) is 0 Å². The second-order valence-electron chi connectivity index (χ2n) is 6.11. The molecular formula is C19H16ClN5O3. The number of fused-ring (bicyclic) bond motifs is 3. The monoisotopic (exact) mass is 397 g/mol. The highest BCUT2D eigenvalue weighted by Gasteiger charge is 2.17. The van der Waals surface area contributed by atoms with Gasteiger partial charge in [0.1, 0.15) is 12.4 Å². The summed E-state index contributed by atoms with van der Waals surface area (Å²) in [6.45, 7) is 2.35. The van der Waals surface area contributed by atoms with Crippen molar-refractivity contribution in [2.45, 2.75) is 20.1 Å². The first kappa shape index (κ1) is 18.0. The number of halogens is 1. The van der Waals surface area contributed by atoms with Crippen molar-refractivity contribution < 1.29 is 9.53 Å². The van der Waals surface area contributed by atoms with Crippen LogP contribution in [-0.4, -0.2) is 25.1 Å². The second-order valence-corrected chi connectivity index (χ2v) is 6.55. The van der Waals surface area contributed by atoms with Gasteiger partial charge in [0.2, 0.25) is 5.78 Å². The molecule has 0 atom stereocenters. The molecule has 9 heteroatoms. The van der Waals surface area contributed by atoms with Gasteiger partial charge in [-0.25, -0.2) is 0 Å². The van der Waals surface area contributed by atoms with Crippen molar-refractivity contribution in [1.29, 1.82) is 0 Å². The fourth-order valence-electron chi connectivity index (χ4n) is 3.16. The molecule has 2 N–H and O–H groups in total. The van der Waals surface area contributed by atoms with E-state index in [1.807, 2.05) is 25.1 Å². The van der Waals surface area contributed by atoms with Gasteiger partial charge < -0.3 is 10.5 Å². The lowest BCUT2D eigenvalue weighted by Crippen LogP contribution is -2.22. The summed E-state index contributed by atoms with van der Waals surface area (Å²) in [5.74, 6) is 0.561. The largest absolute Gasteiger partial charge is 0.485 e. The first-order valence-electron chi connectivity index (χ1n) is 8.59. The van der Waals surface area contributed by atoms with Crippen molar-refractivity contribution >= 4 is 34.2 Å². The quantitative estimate of drug-likeness (QED) is 0.556. The predicted octanol–water partition coefficient (Wildman–Crippen LogP) is 2.40. The molecular weight excluding hydrogens is 382 g/mol. The van der Waals surface area contributed by atoms with Crippen molar-refractivity contribution in [1.82, 2.24) is 19.2 Å². The third-order valence-corrected chi connectivity index (χ3v) is 4.69. The van der Waals surface area contributed by atoms with Gasteiger partial charge >= 0.3 is 0 Å². The van der Waals surface area contributed by atoms with Crippen LogP contribution in [0.15, 0.2) is 47.3 Å². The molecule has 2 aromatic heterocycles. The summed E-state index contributed by atoms with van der Waals surface area (Å²) in [4.78, 5) is 24.4. The van der Waals surface area contributed by atoms with Crippen molar-refractivity contribution in [2.24, 2.45) is 5.73 Å². The molecule has 0 saturated carbocycles. The van der Waals surface area contributed by atoms with E-state index in [0.717, 1.165) is 0 Å². The Morgan fingerprint density at radius 1 is 1.21 bits per heavy atom. The minimum atomic E-state index is -0.645. The van der Waals surface area contributed by atoms with Gasteiger partial charge in [-0.15, -0.1) is 10.2 Å². The summed E-state index contributed by atoms with van der Waals surface area (Å²) in [6.07, 6.45) is 0. The zero-order valence-electron chi connectivity index (χ0n) is 14.9. The van der Waals surface area contributed by atoms with Crippen LogP contribution in [0.1, 0.15) is 23.1 Å². The van der Waals surface area contributed by atoms with Gasteiger partial charge in [-0.3, -0.25) is 18.6 Å². The molecule has 1 amide bonds. The summed E-state index contributed by atoms with van der Waals surface area (Å²) in [7, 11) is 0. The molecule has 4 aromatic rings. The molecule has 4 rings (SSSR count). The number of aromatic nitrogens is 4. The van der Waals surface area contributed by atoms with Crippen LogP contribution >= 0.6 is 11.6 Å². The smallest absolute Gasteiger partial charge is 0.262 e. The van der Waals surface area contributed by atoms with Gasteiger partial charge in [0, 0.05) is 11.6 Å². The molecule has 0 radical (unpaired) electrons. The molecule has 2 heterocycles. The molecule has 0 bridgehead atoms. The van der Waals surface area contributed by atoms with Gasteiger partial charge in [0.05, 0.1) is 16.5 Å². The fraction of sp³-hybridized carbons (Fsp3) is 0.158. The Morgan fingerprint density at radius 2 is 2.00 bits per heavy atom. The zero-order chi connectivity index (χ0) is 19.8. The number of rotatable bonds is 5. The molecule has 0 aliphatic rings. The average Bonchev–Trinajstić information content (AvgIpc) is 3.11. The number of nitrogens with two attached hydrogens (primary N) is 1. The van der Waals surface area contributed by atoms with Crippen LogP contribution in [0.2, 0.25) is 5.02 Å². The number of carbonyl (C=O) groups excluding carboxylic acids is 1. The van der Waals surface area contributed by atoms with Crippen LogP contribution < -0.4 is 16.0 Å². The maximum atomic E-state index is 12.7. The van der Waals surface area contributed by atoms with Gasteiger partial charge in [-0.2, -0.15) is 0 Å². The molecule has 0 aliphatic carbocycles. The first-order chi connectivity index (χ1) is 13.5. The molecule has 0 aliphatic heterocycles. The van der Waals surface area contributed by atoms with Crippen LogP contribution in [0.3, 0.4) is 0 Å². The summed E-state index contributed by atoms with van der Waals surface area (Å²) >= 11 is 5.93. The van der Waals surface area contributed by atoms with E-state index in [2.05, 4.69) is 10.2 Å². The lowest BCUT2D eigenvalue weighted by molar-refractivity contribution is 0.0995. The van der Waals surface area contributed by atoms with E-state index >= 15 is 0 Å². The lowest BCUT2D eigenvalue weighted by Gasteiger charge is -2.11. The highest BCUT2D eigenvalue weighted by molar-refractivity contribution is 6.31. The van der Waals surface area contributed by atoms with Crippen molar-refractivity contribution in [3.05, 3.63) is 69.2 Å². The van der Waals surface area contributed by atoms with E-state index in [-0.39, 0.29) is 17.7 Å². The number of nitrogens with zero attached hydrogens (tertiary/aromatic N) is 4. The van der Waals surface area contributed by atoms with Crippen LogP contribution in [0, 0.1) is 0 Å². The topological polar surface area (TPSA) is 105 Å². The van der Waals surface area contributed by atoms with Gasteiger partial charge in [-0.05, 0) is 37.3 Å². The number of hydrogen-bond donors (Lipinski definition) is 1. The molecule has 2 aromatic carbocycles. The summed E-state index contributed by atoms with van der Waals surface area (Å²) in [6, 6.07) is 11.9. The third-order valence-electron chi connectivity index (χ3n) is 4.45. The Bertz CT molecular complexity index is 1280. The minimum absolute atomic E-state index is 0.0228. The van der Waals surface area contributed by atoms with Crippen molar-refractivity contribution in [3.63, 3.8) is 0 Å². The van der Waals surface area contributed by atoms with E-state index in [0.29, 0.717) is 39.8 Å². The van der Waals surface area contributed by atoms with E-state index < -0.39 is 5.91 Å². The first-order valence-corrected chi connectivity index (χ1v) is 8.96. The Labute approximate surface area is 164 Å². The Kier molecular flexibility index (Phi) is 4.48. The highest BCUT2D eigenvalue weighted by atomic mass is 35.5. The zero-order valence-corrected chi connectivity index (χ0v) is 15.7. The van der Waals surface area contributed by atoms with E-state index in [1.165, 1.54) is 6.07 Å². The highest BCUT2D eigenvalue weighted by Crippen LogP contribution is 2.24. The fourth-order valence-corrected chi connectivity index (χ4v) is 3.33. The van der Waals surface area contributed by atoms with E-state index in [9.17, 15) is 9.59 Å². The molecule has 0 fully saturated rings. The average molecular weight is 398 g/mol. The van der Waals surface area contributed by atoms with Gasteiger partial charge in [0.25, 0.3) is 11.5 Å². The molecule has 0 unspecified atom stereocenters. The maximum absolute atomic E-state index is 12.7. The number of amides is 1. The number of para-hydroxylation sites is 1. The number of ether oxygens (including phenoxy) is 1. The number of hydrogen-bond acceptors (Lipinski definition) is 5. The number of benzene rings is 2. The molecule has 0 saturated heterocycles. The molecule has 0 spiro atoms. The summed E-state index contributed by atoms with van der Waals surface area (Å²) in [5, 5.41) is 9.29. The maximum Gasteiger partial charge on any atom is 0.262 e. The van der Waals surface area contributed by atoms with Gasteiger partial charge in [0.15, 0.2) is 5.82 Å². The van der Waals surface area contributed by atoms with Crippen LogP contribution in [0.5, 0.6) is 5.75 Å².